The molecule has 2 saturated heterocycles. The standard InChI is InChI=1S/C31H43N3O7/c1-19(33-29(38)22-10-13-27(36)32-17-22)26(35)16-23(14-21-8-11-24(40-3)12-9-21)30(39)34-25(15-20-6-4-5-7-20)28(37)31(2)18-41-31/h8-9,11-12,19-20,22-23,25H,4-7,10,13-18H2,1-3H3,(H,32,36)(H,33,38)(H,34,39)/t19-,22+,23-,25+,31-/m1/s1. The first-order chi connectivity index (χ1) is 19.6. The fourth-order valence-electron chi connectivity index (χ4n) is 5.81. The van der Waals surface area contributed by atoms with Crippen LogP contribution in [0.5, 0.6) is 5.75 Å². The largest absolute Gasteiger partial charge is 0.497 e. The van der Waals surface area contributed by atoms with Gasteiger partial charge < -0.3 is 25.4 Å². The number of methoxy groups -OCH3 is 1. The molecule has 0 unspecified atom stereocenters. The molecule has 3 amide bonds. The lowest BCUT2D eigenvalue weighted by Crippen LogP contribution is -2.50. The minimum Gasteiger partial charge on any atom is -0.497 e. The van der Waals surface area contributed by atoms with Gasteiger partial charge in [-0.05, 0) is 56.7 Å². The molecule has 10 nitrogen and oxygen atoms in total. The molecular formula is C31H43N3O7. The van der Waals surface area contributed by atoms with E-state index in [0.717, 1.165) is 31.2 Å². The Morgan fingerprint density at radius 1 is 1.10 bits per heavy atom. The number of piperidine rings is 1. The molecule has 5 atom stereocenters. The van der Waals surface area contributed by atoms with Gasteiger partial charge in [0.25, 0.3) is 0 Å². The van der Waals surface area contributed by atoms with Crippen molar-refractivity contribution < 1.29 is 33.4 Å². The van der Waals surface area contributed by atoms with Crippen LogP contribution in [-0.4, -0.2) is 67.2 Å². The van der Waals surface area contributed by atoms with Crippen LogP contribution in [0.25, 0.3) is 0 Å². The van der Waals surface area contributed by atoms with Crippen molar-refractivity contribution in [1.29, 1.82) is 0 Å². The van der Waals surface area contributed by atoms with Gasteiger partial charge in [0.05, 0.1) is 31.7 Å². The van der Waals surface area contributed by atoms with Crippen LogP contribution in [0.3, 0.4) is 0 Å². The summed E-state index contributed by atoms with van der Waals surface area (Å²) < 4.78 is 10.7. The van der Waals surface area contributed by atoms with Crippen LogP contribution in [-0.2, 0) is 35.1 Å². The number of rotatable bonds is 14. The molecule has 3 fully saturated rings. The second-order valence-corrected chi connectivity index (χ2v) is 12.0. The number of ketones is 2. The zero-order chi connectivity index (χ0) is 29.6. The van der Waals surface area contributed by atoms with Crippen molar-refractivity contribution in [3.05, 3.63) is 29.8 Å². The van der Waals surface area contributed by atoms with Crippen LogP contribution in [0.2, 0.25) is 0 Å². The lowest BCUT2D eigenvalue weighted by molar-refractivity contribution is -0.135. The van der Waals surface area contributed by atoms with Gasteiger partial charge in [-0.2, -0.15) is 0 Å². The van der Waals surface area contributed by atoms with E-state index < -0.39 is 29.5 Å². The average Bonchev–Trinajstić information content (AvgIpc) is 3.50. The third-order valence-corrected chi connectivity index (χ3v) is 8.71. The lowest BCUT2D eigenvalue weighted by Gasteiger charge is -2.26. The van der Waals surface area contributed by atoms with Crippen molar-refractivity contribution in [2.24, 2.45) is 17.8 Å². The molecule has 2 aliphatic heterocycles. The highest BCUT2D eigenvalue weighted by atomic mass is 16.6. The molecule has 224 valence electrons. The number of amides is 3. The van der Waals surface area contributed by atoms with Crippen molar-refractivity contribution in [3.63, 3.8) is 0 Å². The van der Waals surface area contributed by atoms with Crippen LogP contribution >= 0.6 is 0 Å². The van der Waals surface area contributed by atoms with Crippen molar-refractivity contribution in [3.8, 4) is 5.75 Å². The number of epoxide rings is 1. The molecule has 10 heteroatoms. The highest BCUT2D eigenvalue weighted by molar-refractivity contribution is 5.98. The highest BCUT2D eigenvalue weighted by Crippen LogP contribution is 2.34. The summed E-state index contributed by atoms with van der Waals surface area (Å²) in [5.41, 5.74) is -0.0144. The topological polar surface area (TPSA) is 143 Å². The molecule has 41 heavy (non-hydrogen) atoms. The van der Waals surface area contributed by atoms with Crippen molar-refractivity contribution in [1.82, 2.24) is 16.0 Å². The molecule has 1 saturated carbocycles. The zero-order valence-corrected chi connectivity index (χ0v) is 24.3. The normalized spacial score (nSPS) is 24.5. The molecule has 0 bridgehead atoms. The number of benzene rings is 1. The predicted molar refractivity (Wildman–Crippen MR) is 151 cm³/mol. The second kappa shape index (κ2) is 13.6. The number of carbonyl (C=O) groups excluding carboxylic acids is 5. The van der Waals surface area contributed by atoms with Crippen LogP contribution in [0, 0.1) is 17.8 Å². The van der Waals surface area contributed by atoms with E-state index in [2.05, 4.69) is 16.0 Å². The Labute approximate surface area is 241 Å². The van der Waals surface area contributed by atoms with E-state index in [1.54, 1.807) is 33.1 Å². The van der Waals surface area contributed by atoms with Gasteiger partial charge >= 0.3 is 0 Å². The summed E-state index contributed by atoms with van der Waals surface area (Å²) in [6, 6.07) is 5.83. The van der Waals surface area contributed by atoms with Crippen molar-refractivity contribution >= 4 is 29.3 Å². The van der Waals surface area contributed by atoms with Gasteiger partial charge in [0, 0.05) is 25.3 Å². The predicted octanol–water partition coefficient (Wildman–Crippen LogP) is 2.27. The Bertz CT molecular complexity index is 1120. The maximum absolute atomic E-state index is 13.8. The van der Waals surface area contributed by atoms with Crippen LogP contribution in [0.4, 0.5) is 0 Å². The summed E-state index contributed by atoms with van der Waals surface area (Å²) in [6.45, 7) is 3.96. The Hall–Kier alpha value is -3.27. The lowest BCUT2D eigenvalue weighted by atomic mass is 9.88. The van der Waals surface area contributed by atoms with Crippen molar-refractivity contribution in [2.75, 3.05) is 20.3 Å². The maximum Gasteiger partial charge on any atom is 0.225 e. The van der Waals surface area contributed by atoms with E-state index in [0.29, 0.717) is 31.1 Å². The SMILES string of the molecule is COc1ccc(C[C@H](CC(=O)[C@@H](C)NC(=O)[C@H]2CCC(=O)NC2)C(=O)N[C@@H](CC2CCCC2)C(=O)[C@@]2(C)CO2)cc1. The van der Waals surface area contributed by atoms with Crippen LogP contribution in [0.15, 0.2) is 24.3 Å². The summed E-state index contributed by atoms with van der Waals surface area (Å²) >= 11 is 0. The minimum atomic E-state index is -0.866. The van der Waals surface area contributed by atoms with Gasteiger partial charge in [0.2, 0.25) is 17.7 Å². The number of hydrogen-bond acceptors (Lipinski definition) is 7. The van der Waals surface area contributed by atoms with E-state index in [1.807, 2.05) is 12.1 Å². The summed E-state index contributed by atoms with van der Waals surface area (Å²) in [6.07, 6.45) is 5.78. The van der Waals surface area contributed by atoms with Crippen molar-refractivity contribution in [2.45, 2.75) is 89.3 Å². The molecule has 1 aliphatic carbocycles. The molecule has 1 aromatic carbocycles. The van der Waals surface area contributed by atoms with E-state index >= 15 is 0 Å². The molecule has 3 aliphatic rings. The second-order valence-electron chi connectivity index (χ2n) is 12.0. The van der Waals surface area contributed by atoms with Crippen LogP contribution in [0.1, 0.15) is 70.8 Å². The first kappa shape index (κ1) is 30.7. The Balaban J connectivity index is 1.45. The summed E-state index contributed by atoms with van der Waals surface area (Å²) in [7, 11) is 1.58. The van der Waals surface area contributed by atoms with Gasteiger partial charge in [-0.1, -0.05) is 37.8 Å². The van der Waals surface area contributed by atoms with Gasteiger partial charge in [0.1, 0.15) is 11.4 Å². The Morgan fingerprint density at radius 2 is 1.78 bits per heavy atom. The van der Waals surface area contributed by atoms with E-state index in [9.17, 15) is 24.0 Å². The minimum absolute atomic E-state index is 0.0856. The fourth-order valence-corrected chi connectivity index (χ4v) is 5.81. The smallest absolute Gasteiger partial charge is 0.225 e. The number of nitrogens with one attached hydrogen (secondary N) is 3. The third-order valence-electron chi connectivity index (χ3n) is 8.71. The quantitative estimate of drug-likeness (QED) is 0.292. The first-order valence-electron chi connectivity index (χ1n) is 14.8. The monoisotopic (exact) mass is 569 g/mol. The molecule has 0 aromatic heterocycles. The van der Waals surface area contributed by atoms with E-state index in [-0.39, 0.29) is 55.1 Å². The molecule has 4 rings (SSSR count). The van der Waals surface area contributed by atoms with E-state index in [4.69, 9.17) is 9.47 Å². The number of ether oxygens (including phenoxy) is 2. The summed E-state index contributed by atoms with van der Waals surface area (Å²) in [4.78, 5) is 64.6. The van der Waals surface area contributed by atoms with E-state index in [1.165, 1.54) is 0 Å². The Kier molecular flexibility index (Phi) is 10.2. The molecule has 0 spiro atoms. The van der Waals surface area contributed by atoms with Gasteiger partial charge in [-0.3, -0.25) is 24.0 Å². The number of hydrogen-bond donors (Lipinski definition) is 3. The summed E-state index contributed by atoms with van der Waals surface area (Å²) in [5, 5.41) is 8.45. The van der Waals surface area contributed by atoms with Gasteiger partial charge in [-0.15, -0.1) is 0 Å². The average molecular weight is 570 g/mol. The van der Waals surface area contributed by atoms with Crippen LogP contribution < -0.4 is 20.7 Å². The summed E-state index contributed by atoms with van der Waals surface area (Å²) in [5.74, 6) is -1.21. The first-order valence-corrected chi connectivity index (χ1v) is 14.8. The molecule has 2 heterocycles. The Morgan fingerprint density at radius 3 is 2.37 bits per heavy atom. The maximum atomic E-state index is 13.8. The fraction of sp³-hybridized carbons (Fsp3) is 0.645. The molecule has 0 radical (unpaired) electrons. The van der Waals surface area contributed by atoms with Gasteiger partial charge in [0.15, 0.2) is 11.6 Å². The molecular weight excluding hydrogens is 526 g/mol. The third kappa shape index (κ3) is 8.38. The molecule has 1 aromatic rings. The number of carbonyl (C=O) groups is 5. The van der Waals surface area contributed by atoms with Gasteiger partial charge in [-0.25, -0.2) is 0 Å². The highest BCUT2D eigenvalue weighted by Gasteiger charge is 2.50. The molecule has 3 N–H and O–H groups in total. The number of Topliss-reactive ketones (excluding diaryl/α,β-unsaturated/α-hetero) is 2. The zero-order valence-electron chi connectivity index (χ0n) is 24.3.